The Labute approximate surface area is 115 Å². The Morgan fingerprint density at radius 1 is 1.05 bits per heavy atom. The average molecular weight is 254 g/mol. The van der Waals surface area contributed by atoms with Crippen molar-refractivity contribution < 1.29 is 0 Å². The van der Waals surface area contributed by atoms with Gasteiger partial charge in [0.1, 0.15) is 0 Å². The van der Waals surface area contributed by atoms with Crippen molar-refractivity contribution >= 4 is 0 Å². The number of aryl methyl sites for hydroxylation is 4. The van der Waals surface area contributed by atoms with Gasteiger partial charge < -0.3 is 0 Å². The zero-order valence-corrected chi connectivity index (χ0v) is 11.9. The van der Waals surface area contributed by atoms with E-state index in [1.165, 1.54) is 36.2 Å². The summed E-state index contributed by atoms with van der Waals surface area (Å²) in [6.07, 6.45) is 5.91. The fraction of sp³-hybridized carbons (Fsp3) is 0.471. The molecule has 0 bridgehead atoms. The summed E-state index contributed by atoms with van der Waals surface area (Å²) in [7, 11) is 0. The molecule has 1 aromatic heterocycles. The molecule has 1 aliphatic carbocycles. The van der Waals surface area contributed by atoms with Gasteiger partial charge in [-0.3, -0.25) is 4.68 Å². The van der Waals surface area contributed by atoms with Crippen LogP contribution in [0, 0.1) is 0 Å². The molecule has 2 aromatic rings. The van der Waals surface area contributed by atoms with Gasteiger partial charge in [0.2, 0.25) is 0 Å². The van der Waals surface area contributed by atoms with Crippen LogP contribution in [0.15, 0.2) is 24.3 Å². The number of aromatic nitrogens is 2. The molecular formula is C17H22N2. The number of hydrogen-bond acceptors (Lipinski definition) is 1. The predicted molar refractivity (Wildman–Crippen MR) is 78.6 cm³/mol. The first-order valence-corrected chi connectivity index (χ1v) is 7.46. The molecule has 0 spiro atoms. The van der Waals surface area contributed by atoms with Gasteiger partial charge in [0.15, 0.2) is 0 Å². The topological polar surface area (TPSA) is 17.8 Å². The summed E-state index contributed by atoms with van der Waals surface area (Å²) in [5.74, 6) is 0. The summed E-state index contributed by atoms with van der Waals surface area (Å²) in [4.78, 5) is 0. The van der Waals surface area contributed by atoms with Gasteiger partial charge in [-0.1, -0.05) is 32.0 Å². The summed E-state index contributed by atoms with van der Waals surface area (Å²) in [5, 5.41) is 4.71. The van der Waals surface area contributed by atoms with Crippen molar-refractivity contribution in [1.29, 1.82) is 0 Å². The average Bonchev–Trinajstić information content (AvgIpc) is 3.04. The number of benzene rings is 1. The van der Waals surface area contributed by atoms with Gasteiger partial charge in [-0.25, -0.2) is 0 Å². The van der Waals surface area contributed by atoms with Gasteiger partial charge in [0, 0.05) is 5.69 Å². The molecule has 0 amide bonds. The molecule has 0 N–H and O–H groups in total. The Morgan fingerprint density at radius 3 is 2.68 bits per heavy atom. The molecule has 1 aromatic carbocycles. The van der Waals surface area contributed by atoms with E-state index in [4.69, 9.17) is 5.10 Å². The summed E-state index contributed by atoms with van der Waals surface area (Å²) in [6, 6.07) is 9.22. The monoisotopic (exact) mass is 254 g/mol. The molecule has 2 nitrogen and oxygen atoms in total. The zero-order chi connectivity index (χ0) is 13.2. The normalized spacial score (nSPS) is 13.8. The largest absolute Gasteiger partial charge is 0.265 e. The minimum Gasteiger partial charge on any atom is -0.265 e. The molecule has 0 saturated carbocycles. The third kappa shape index (κ3) is 2.44. The van der Waals surface area contributed by atoms with Crippen LogP contribution in [0.4, 0.5) is 0 Å². The highest BCUT2D eigenvalue weighted by atomic mass is 15.3. The standard InChI is InChI=1S/C17H22N2/c1-3-16-11-17(4-2)19(18-16)12-13-8-9-14-6-5-7-15(14)10-13/h8-11H,3-7,12H2,1-2H3. The van der Waals surface area contributed by atoms with Gasteiger partial charge in [0.05, 0.1) is 12.2 Å². The maximum Gasteiger partial charge on any atom is 0.0662 e. The van der Waals surface area contributed by atoms with Crippen LogP contribution < -0.4 is 0 Å². The van der Waals surface area contributed by atoms with Crippen LogP contribution in [-0.2, 0) is 32.2 Å². The molecule has 1 heterocycles. The van der Waals surface area contributed by atoms with Gasteiger partial charge in [-0.2, -0.15) is 5.10 Å². The van der Waals surface area contributed by atoms with Gasteiger partial charge in [-0.05, 0) is 54.9 Å². The van der Waals surface area contributed by atoms with E-state index in [1.54, 1.807) is 11.1 Å². The van der Waals surface area contributed by atoms with E-state index in [9.17, 15) is 0 Å². The molecule has 0 atom stereocenters. The van der Waals surface area contributed by atoms with Crippen molar-refractivity contribution in [2.75, 3.05) is 0 Å². The summed E-state index contributed by atoms with van der Waals surface area (Å²) in [6.45, 7) is 5.29. The Morgan fingerprint density at radius 2 is 1.89 bits per heavy atom. The lowest BCUT2D eigenvalue weighted by atomic mass is 10.1. The van der Waals surface area contributed by atoms with Crippen molar-refractivity contribution in [2.45, 2.75) is 52.5 Å². The lowest BCUT2D eigenvalue weighted by Crippen LogP contribution is -2.06. The molecular weight excluding hydrogens is 232 g/mol. The first-order valence-electron chi connectivity index (χ1n) is 7.46. The molecule has 100 valence electrons. The quantitative estimate of drug-likeness (QED) is 0.816. The second-order valence-corrected chi connectivity index (χ2v) is 5.45. The van der Waals surface area contributed by atoms with Crippen LogP contribution >= 0.6 is 0 Å². The highest BCUT2D eigenvalue weighted by Gasteiger charge is 2.12. The molecule has 3 rings (SSSR count). The van der Waals surface area contributed by atoms with Crippen LogP contribution in [0.2, 0.25) is 0 Å². The molecule has 0 aliphatic heterocycles. The number of rotatable bonds is 4. The second-order valence-electron chi connectivity index (χ2n) is 5.45. The Balaban J connectivity index is 1.86. The molecule has 0 saturated heterocycles. The fourth-order valence-corrected chi connectivity index (χ4v) is 3.01. The van der Waals surface area contributed by atoms with E-state index >= 15 is 0 Å². The lowest BCUT2D eigenvalue weighted by molar-refractivity contribution is 0.640. The Hall–Kier alpha value is -1.57. The maximum absolute atomic E-state index is 4.71. The van der Waals surface area contributed by atoms with Crippen LogP contribution in [-0.4, -0.2) is 9.78 Å². The maximum atomic E-state index is 4.71. The van der Waals surface area contributed by atoms with Gasteiger partial charge in [-0.15, -0.1) is 0 Å². The van der Waals surface area contributed by atoms with Crippen LogP contribution in [0.5, 0.6) is 0 Å². The smallest absolute Gasteiger partial charge is 0.0662 e. The van der Waals surface area contributed by atoms with Crippen molar-refractivity contribution in [1.82, 2.24) is 9.78 Å². The van der Waals surface area contributed by atoms with E-state index < -0.39 is 0 Å². The van der Waals surface area contributed by atoms with E-state index in [2.05, 4.69) is 42.8 Å². The first-order chi connectivity index (χ1) is 9.30. The molecule has 0 radical (unpaired) electrons. The van der Waals surface area contributed by atoms with Crippen molar-refractivity contribution in [3.8, 4) is 0 Å². The van der Waals surface area contributed by atoms with E-state index in [0.717, 1.165) is 19.4 Å². The number of hydrogen-bond donors (Lipinski definition) is 0. The Kier molecular flexibility index (Phi) is 3.41. The van der Waals surface area contributed by atoms with Crippen molar-refractivity contribution in [3.05, 3.63) is 52.3 Å². The van der Waals surface area contributed by atoms with E-state index in [0.29, 0.717) is 0 Å². The second kappa shape index (κ2) is 5.20. The lowest BCUT2D eigenvalue weighted by Gasteiger charge is -2.08. The predicted octanol–water partition coefficient (Wildman–Crippen LogP) is 3.54. The van der Waals surface area contributed by atoms with Crippen LogP contribution in [0.1, 0.15) is 48.3 Å². The zero-order valence-electron chi connectivity index (χ0n) is 11.9. The SMILES string of the molecule is CCc1cc(CC)n(Cc2ccc3c(c2)CCC3)n1. The van der Waals surface area contributed by atoms with Crippen LogP contribution in [0.3, 0.4) is 0 Å². The highest BCUT2D eigenvalue weighted by Crippen LogP contribution is 2.23. The van der Waals surface area contributed by atoms with Gasteiger partial charge in [0.25, 0.3) is 0 Å². The number of nitrogens with zero attached hydrogens (tertiary/aromatic N) is 2. The van der Waals surface area contributed by atoms with Crippen molar-refractivity contribution in [3.63, 3.8) is 0 Å². The minimum absolute atomic E-state index is 0.913. The Bertz CT molecular complexity index is 581. The third-order valence-corrected chi connectivity index (χ3v) is 4.13. The number of fused-ring (bicyclic) bond motifs is 1. The van der Waals surface area contributed by atoms with E-state index in [1.807, 2.05) is 0 Å². The van der Waals surface area contributed by atoms with Crippen molar-refractivity contribution in [2.24, 2.45) is 0 Å². The minimum atomic E-state index is 0.913. The molecule has 0 unspecified atom stereocenters. The summed E-state index contributed by atoms with van der Waals surface area (Å²) < 4.78 is 2.18. The van der Waals surface area contributed by atoms with Gasteiger partial charge >= 0.3 is 0 Å². The first kappa shape index (κ1) is 12.5. The fourth-order valence-electron chi connectivity index (χ4n) is 3.01. The van der Waals surface area contributed by atoms with E-state index in [-0.39, 0.29) is 0 Å². The molecule has 19 heavy (non-hydrogen) atoms. The molecule has 1 aliphatic rings. The highest BCUT2D eigenvalue weighted by molar-refractivity contribution is 5.35. The molecule has 0 fully saturated rings. The van der Waals surface area contributed by atoms with Crippen LogP contribution in [0.25, 0.3) is 0 Å². The summed E-state index contributed by atoms with van der Waals surface area (Å²) >= 11 is 0. The summed E-state index contributed by atoms with van der Waals surface area (Å²) in [5.41, 5.74) is 7.05. The molecule has 2 heteroatoms. The third-order valence-electron chi connectivity index (χ3n) is 4.13.